The van der Waals surface area contributed by atoms with E-state index in [0.717, 1.165) is 72.5 Å². The number of nitrogens with one attached hydrogen (secondary N) is 1. The lowest BCUT2D eigenvalue weighted by Crippen LogP contribution is -2.55. The molecule has 7 rings (SSSR count). The Hall–Kier alpha value is -5.62. The van der Waals surface area contributed by atoms with Crippen molar-refractivity contribution in [2.75, 3.05) is 32.2 Å². The van der Waals surface area contributed by atoms with Crippen molar-refractivity contribution in [3.05, 3.63) is 94.3 Å². The molecular weight excluding hydrogens is 813 g/mol. The summed E-state index contributed by atoms with van der Waals surface area (Å²) >= 11 is 0. The maximum absolute atomic E-state index is 13.6. The zero-order chi connectivity index (χ0) is 45.1. The first-order valence-electron chi connectivity index (χ1n) is 22.2. The number of carbonyl (C=O) groups is 5. The number of nitrogens with zero attached hydrogens (tertiary/aromatic N) is 5. The lowest BCUT2D eigenvalue weighted by Gasteiger charge is -2.35. The summed E-state index contributed by atoms with van der Waals surface area (Å²) in [5.41, 5.74) is 4.55. The molecule has 4 amide bonds. The van der Waals surface area contributed by atoms with Gasteiger partial charge in [-0.3, -0.25) is 29.0 Å². The topological polar surface area (TPSA) is 143 Å². The number of carbonyl (C=O) groups excluding carboxylic acids is 5. The summed E-state index contributed by atoms with van der Waals surface area (Å²) in [6.07, 6.45) is 6.95. The number of hydrogen-bond acceptors (Lipinski definition) is 9. The molecule has 2 atom stereocenters. The molecule has 14 heteroatoms. The number of amides is 4. The smallest absolute Gasteiger partial charge is 0.419 e. The molecule has 0 radical (unpaired) electrons. The van der Waals surface area contributed by atoms with Crippen molar-refractivity contribution in [3.8, 4) is 11.8 Å². The van der Waals surface area contributed by atoms with Gasteiger partial charge in [-0.05, 0) is 120 Å². The van der Waals surface area contributed by atoms with Crippen LogP contribution in [0.2, 0.25) is 25.7 Å². The van der Waals surface area contributed by atoms with Gasteiger partial charge in [0, 0.05) is 74.1 Å². The van der Waals surface area contributed by atoms with Crippen molar-refractivity contribution in [2.45, 2.75) is 122 Å². The zero-order valence-corrected chi connectivity index (χ0v) is 38.7. The molecule has 0 spiro atoms. The van der Waals surface area contributed by atoms with Gasteiger partial charge in [-0.25, -0.2) is 14.3 Å². The second kappa shape index (κ2) is 19.0. The molecular formula is C49H60N6O7Si. The number of unbranched alkanes of at least 4 members (excludes halogenated alkanes) is 2. The van der Waals surface area contributed by atoms with Gasteiger partial charge in [0.2, 0.25) is 5.91 Å². The van der Waals surface area contributed by atoms with Crippen LogP contribution in [-0.4, -0.2) is 101 Å². The van der Waals surface area contributed by atoms with E-state index in [4.69, 9.17) is 9.47 Å². The van der Waals surface area contributed by atoms with Crippen LogP contribution in [0, 0.1) is 11.8 Å². The van der Waals surface area contributed by atoms with Gasteiger partial charge in [-0.15, -0.1) is 0 Å². The summed E-state index contributed by atoms with van der Waals surface area (Å²) in [6, 6.07) is 17.1. The maximum Gasteiger partial charge on any atom is 0.419 e. The van der Waals surface area contributed by atoms with Gasteiger partial charge < -0.3 is 19.7 Å². The number of piperidine rings is 1. The highest BCUT2D eigenvalue weighted by atomic mass is 28.3. The molecule has 5 heterocycles. The summed E-state index contributed by atoms with van der Waals surface area (Å²) in [5.74, 6) is 5.74. The zero-order valence-electron chi connectivity index (χ0n) is 37.7. The largest absolute Gasteiger partial charge is 0.443 e. The molecule has 2 fully saturated rings. The molecule has 3 aliphatic heterocycles. The highest BCUT2D eigenvalue weighted by Crippen LogP contribution is 2.36. The van der Waals surface area contributed by atoms with Crippen molar-refractivity contribution < 1.29 is 33.4 Å². The molecule has 2 aromatic carbocycles. The summed E-state index contributed by atoms with van der Waals surface area (Å²) in [7, 11) is 0.738. The number of likely N-dealkylation sites (tertiary alicyclic amines) is 2. The molecule has 2 saturated heterocycles. The van der Waals surface area contributed by atoms with Crippen LogP contribution in [0.4, 0.5) is 10.6 Å². The Kier molecular flexibility index (Phi) is 13.7. The summed E-state index contributed by atoms with van der Waals surface area (Å²) < 4.78 is 13.2. The summed E-state index contributed by atoms with van der Waals surface area (Å²) in [6.45, 7) is 13.9. The number of anilines is 1. The first-order chi connectivity index (χ1) is 30.0. The van der Waals surface area contributed by atoms with E-state index in [1.165, 1.54) is 4.90 Å². The van der Waals surface area contributed by atoms with Gasteiger partial charge >= 0.3 is 6.09 Å². The first-order valence-corrected chi connectivity index (χ1v) is 25.9. The van der Waals surface area contributed by atoms with E-state index in [0.29, 0.717) is 41.9 Å². The van der Waals surface area contributed by atoms with E-state index < -0.39 is 25.8 Å². The van der Waals surface area contributed by atoms with Crippen molar-refractivity contribution in [2.24, 2.45) is 0 Å². The van der Waals surface area contributed by atoms with E-state index in [2.05, 4.69) is 53.7 Å². The van der Waals surface area contributed by atoms with E-state index >= 15 is 0 Å². The van der Waals surface area contributed by atoms with Gasteiger partial charge in [-0.1, -0.05) is 49.7 Å². The molecule has 2 aromatic heterocycles. The standard InChI is InChI=1S/C49H60N6O7Si/c1-49(2,3)62-48(60)55-41-29-43(50-30-36(41)28-42(55)39-18-13-25-52(39)4)51-45(57)35-21-19-33(20-22-35)14-10-8-9-11-15-34-16-12-17-37-38(34)31-53(46(37)58)40-23-24-44(56)54(47(40)59)32-61-26-27-63(5,6)7/h12,16-17,19-22,28-30,39-40H,8-10,13-14,18,23-27,31-32H2,1-7H3,(H,50,51,57)/t39-,40?/m1/s1. The quantitative estimate of drug-likeness (QED) is 0.0607. The van der Waals surface area contributed by atoms with Gasteiger partial charge in [0.15, 0.2) is 0 Å². The molecule has 3 aliphatic rings. The number of aromatic nitrogens is 2. The number of benzene rings is 2. The first kappa shape index (κ1) is 45.4. The predicted molar refractivity (Wildman–Crippen MR) is 245 cm³/mol. The molecule has 0 bridgehead atoms. The van der Waals surface area contributed by atoms with Crippen LogP contribution in [0.3, 0.4) is 0 Å². The van der Waals surface area contributed by atoms with Crippen LogP contribution in [0.15, 0.2) is 60.8 Å². The fourth-order valence-electron chi connectivity index (χ4n) is 8.45. The van der Waals surface area contributed by atoms with Crippen molar-refractivity contribution in [1.29, 1.82) is 0 Å². The van der Waals surface area contributed by atoms with E-state index in [1.54, 1.807) is 39.9 Å². The van der Waals surface area contributed by atoms with Gasteiger partial charge in [0.05, 0.1) is 11.6 Å². The average Bonchev–Trinajstić information content (AvgIpc) is 3.92. The minimum absolute atomic E-state index is 0.0738. The highest BCUT2D eigenvalue weighted by molar-refractivity contribution is 6.76. The predicted octanol–water partition coefficient (Wildman–Crippen LogP) is 8.39. The molecule has 0 saturated carbocycles. The minimum Gasteiger partial charge on any atom is -0.443 e. The molecule has 0 aliphatic carbocycles. The lowest BCUT2D eigenvalue weighted by atomic mass is 10.0. The normalized spacial score (nSPS) is 18.2. The molecule has 4 aromatic rings. The SMILES string of the molecule is CN1CCC[C@@H]1c1cc2cnc(NC(=O)c3ccc(CCCCC#Cc4cccc5c4CN(C4CCC(=O)N(COCC[Si](C)(C)C)C4=O)C5=O)cc3)cc2n1C(=O)OC(C)(C)C. The second-order valence-electron chi connectivity index (χ2n) is 19.1. The Labute approximate surface area is 371 Å². The Balaban J connectivity index is 0.911. The van der Waals surface area contributed by atoms with Crippen molar-refractivity contribution >= 4 is 54.5 Å². The Morgan fingerprint density at radius 1 is 0.984 bits per heavy atom. The highest BCUT2D eigenvalue weighted by Gasteiger charge is 2.43. The van der Waals surface area contributed by atoms with E-state index in [-0.39, 0.29) is 49.4 Å². The summed E-state index contributed by atoms with van der Waals surface area (Å²) in [5, 5.41) is 3.71. The Morgan fingerprint density at radius 3 is 2.48 bits per heavy atom. The van der Waals surface area contributed by atoms with Crippen LogP contribution in [0.1, 0.15) is 115 Å². The van der Waals surface area contributed by atoms with Crippen LogP contribution in [0.5, 0.6) is 0 Å². The monoisotopic (exact) mass is 872 g/mol. The Bertz CT molecular complexity index is 2460. The molecule has 1 N–H and O–H groups in total. The molecule has 63 heavy (non-hydrogen) atoms. The van der Waals surface area contributed by atoms with Gasteiger partial charge in [0.1, 0.15) is 24.2 Å². The second-order valence-corrected chi connectivity index (χ2v) is 24.8. The lowest BCUT2D eigenvalue weighted by molar-refractivity contribution is -0.158. The molecule has 13 nitrogen and oxygen atoms in total. The van der Waals surface area contributed by atoms with Crippen LogP contribution in [0.25, 0.3) is 10.9 Å². The number of aryl methyl sites for hydroxylation is 1. The third kappa shape index (κ3) is 10.8. The van der Waals surface area contributed by atoms with Gasteiger partial charge in [-0.2, -0.15) is 0 Å². The minimum atomic E-state index is -1.32. The fourth-order valence-corrected chi connectivity index (χ4v) is 9.20. The van der Waals surface area contributed by atoms with E-state index in [9.17, 15) is 24.0 Å². The van der Waals surface area contributed by atoms with E-state index in [1.807, 2.05) is 51.1 Å². The number of rotatable bonds is 13. The Morgan fingerprint density at radius 2 is 1.76 bits per heavy atom. The fraction of sp³-hybridized carbons (Fsp3) is 0.469. The number of imide groups is 1. The molecule has 1 unspecified atom stereocenters. The maximum atomic E-state index is 13.6. The third-order valence-electron chi connectivity index (χ3n) is 11.9. The van der Waals surface area contributed by atoms with Crippen molar-refractivity contribution in [1.82, 2.24) is 24.3 Å². The average molecular weight is 873 g/mol. The summed E-state index contributed by atoms with van der Waals surface area (Å²) in [4.78, 5) is 76.1. The number of ether oxygens (including phenoxy) is 2. The third-order valence-corrected chi connectivity index (χ3v) is 13.6. The number of hydrogen-bond donors (Lipinski definition) is 1. The van der Waals surface area contributed by atoms with Gasteiger partial charge in [0.25, 0.3) is 17.7 Å². The van der Waals surface area contributed by atoms with Crippen LogP contribution >= 0.6 is 0 Å². The van der Waals surface area contributed by atoms with Crippen LogP contribution < -0.4 is 5.32 Å². The van der Waals surface area contributed by atoms with Crippen molar-refractivity contribution in [3.63, 3.8) is 0 Å². The molecule has 332 valence electrons. The van der Waals surface area contributed by atoms with Crippen LogP contribution in [-0.2, 0) is 32.0 Å². The number of pyridine rings is 1. The number of fused-ring (bicyclic) bond motifs is 2.